The van der Waals surface area contributed by atoms with Gasteiger partial charge < -0.3 is 0 Å². The van der Waals surface area contributed by atoms with Crippen LogP contribution in [0.5, 0.6) is 0 Å². The third-order valence-electron chi connectivity index (χ3n) is 2.20. The van der Waals surface area contributed by atoms with E-state index in [0.29, 0.717) is 11.1 Å². The van der Waals surface area contributed by atoms with E-state index in [9.17, 15) is 16.8 Å². The zero-order valence-corrected chi connectivity index (χ0v) is 11.8. The summed E-state index contributed by atoms with van der Waals surface area (Å²) in [5, 5.41) is 0. The van der Waals surface area contributed by atoms with E-state index in [1.54, 1.807) is 24.3 Å². The molecule has 0 heterocycles. The predicted molar refractivity (Wildman–Crippen MR) is 69.8 cm³/mol. The Hall–Kier alpha value is -0.960. The van der Waals surface area contributed by atoms with E-state index in [1.807, 2.05) is 0 Å². The zero-order chi connectivity index (χ0) is 13.8. The average Bonchev–Trinajstić information content (AvgIpc) is 2.25. The first kappa shape index (κ1) is 15.1. The Morgan fingerprint density at radius 3 is 2.28 bits per heavy atom. The van der Waals surface area contributed by atoms with Crippen molar-refractivity contribution in [3.05, 3.63) is 35.4 Å². The van der Waals surface area contributed by atoms with Crippen LogP contribution in [0.1, 0.15) is 11.1 Å². The third-order valence-corrected chi connectivity index (χ3v) is 4.20. The molecule has 18 heavy (non-hydrogen) atoms. The summed E-state index contributed by atoms with van der Waals surface area (Å²) in [5.74, 6) is -0.129. The van der Waals surface area contributed by atoms with Crippen molar-refractivity contribution in [3.8, 4) is 0 Å². The molecule has 0 aliphatic rings. The van der Waals surface area contributed by atoms with Crippen LogP contribution in [0.4, 0.5) is 0 Å². The van der Waals surface area contributed by atoms with Gasteiger partial charge in [-0.25, -0.2) is 26.3 Å². The van der Waals surface area contributed by atoms with Gasteiger partial charge in [0.1, 0.15) is 0 Å². The van der Waals surface area contributed by atoms with Crippen molar-refractivity contribution < 1.29 is 16.8 Å². The first-order valence-electron chi connectivity index (χ1n) is 5.15. The SMILES string of the molecule is CNS(=O)(=O)Cc1cccc(CNS(C)(=O)=O)c1. The number of hydrogen-bond acceptors (Lipinski definition) is 4. The van der Waals surface area contributed by atoms with Crippen molar-refractivity contribution in [1.82, 2.24) is 9.44 Å². The van der Waals surface area contributed by atoms with Gasteiger partial charge in [-0.3, -0.25) is 0 Å². The lowest BCUT2D eigenvalue weighted by molar-refractivity contribution is 0.585. The molecule has 0 unspecified atom stereocenters. The second kappa shape index (κ2) is 5.79. The minimum atomic E-state index is -3.32. The Labute approximate surface area is 108 Å². The van der Waals surface area contributed by atoms with Crippen molar-refractivity contribution >= 4 is 20.0 Å². The lowest BCUT2D eigenvalue weighted by atomic mass is 10.1. The Balaban J connectivity index is 2.80. The molecule has 0 aliphatic carbocycles. The molecular weight excluding hydrogens is 276 g/mol. The average molecular weight is 292 g/mol. The van der Waals surface area contributed by atoms with Crippen LogP contribution in [0.25, 0.3) is 0 Å². The highest BCUT2D eigenvalue weighted by atomic mass is 32.2. The van der Waals surface area contributed by atoms with Crippen molar-refractivity contribution in [2.24, 2.45) is 0 Å². The maximum absolute atomic E-state index is 11.4. The number of nitrogens with one attached hydrogen (secondary N) is 2. The van der Waals surface area contributed by atoms with E-state index < -0.39 is 20.0 Å². The highest BCUT2D eigenvalue weighted by molar-refractivity contribution is 7.88. The second-order valence-corrected chi connectivity index (χ2v) is 7.64. The molecule has 0 saturated heterocycles. The molecule has 0 aromatic heterocycles. The quantitative estimate of drug-likeness (QED) is 0.758. The molecule has 1 aromatic carbocycles. The molecule has 1 aromatic rings. The molecule has 0 radical (unpaired) electrons. The fourth-order valence-corrected chi connectivity index (χ4v) is 2.53. The van der Waals surface area contributed by atoms with E-state index in [2.05, 4.69) is 9.44 Å². The van der Waals surface area contributed by atoms with Gasteiger partial charge in [0.05, 0.1) is 12.0 Å². The first-order valence-corrected chi connectivity index (χ1v) is 8.70. The highest BCUT2D eigenvalue weighted by Crippen LogP contribution is 2.08. The van der Waals surface area contributed by atoms with E-state index in [-0.39, 0.29) is 12.3 Å². The van der Waals surface area contributed by atoms with Crippen LogP contribution in [-0.2, 0) is 32.3 Å². The van der Waals surface area contributed by atoms with Gasteiger partial charge in [0.15, 0.2) is 0 Å². The van der Waals surface area contributed by atoms with E-state index in [0.717, 1.165) is 6.26 Å². The fraction of sp³-hybridized carbons (Fsp3) is 0.400. The van der Waals surface area contributed by atoms with Gasteiger partial charge in [-0.2, -0.15) is 0 Å². The molecule has 0 bridgehead atoms. The van der Waals surface area contributed by atoms with E-state index in [4.69, 9.17) is 0 Å². The Morgan fingerprint density at radius 2 is 1.72 bits per heavy atom. The predicted octanol–water partition coefficient (Wildman–Crippen LogP) is -0.215. The Bertz CT molecular complexity index is 609. The van der Waals surface area contributed by atoms with E-state index in [1.165, 1.54) is 7.05 Å². The molecular formula is C10H16N2O4S2. The number of sulfonamides is 2. The summed E-state index contributed by atoms with van der Waals surface area (Å²) < 4.78 is 49.2. The second-order valence-electron chi connectivity index (χ2n) is 3.88. The lowest BCUT2D eigenvalue weighted by Gasteiger charge is -2.06. The van der Waals surface area contributed by atoms with Crippen molar-refractivity contribution in [2.45, 2.75) is 12.3 Å². The topological polar surface area (TPSA) is 92.3 Å². The van der Waals surface area contributed by atoms with Crippen LogP contribution in [0, 0.1) is 0 Å². The monoisotopic (exact) mass is 292 g/mol. The van der Waals surface area contributed by atoms with Crippen molar-refractivity contribution in [1.29, 1.82) is 0 Å². The standard InChI is InChI=1S/C10H16N2O4S2/c1-11-18(15,16)8-10-5-3-4-9(6-10)7-12-17(2,13)14/h3-6,11-12H,7-8H2,1-2H3. The number of rotatable bonds is 6. The zero-order valence-electron chi connectivity index (χ0n) is 10.2. The summed E-state index contributed by atoms with van der Waals surface area (Å²) in [6.07, 6.45) is 1.07. The molecule has 0 atom stereocenters. The summed E-state index contributed by atoms with van der Waals surface area (Å²) >= 11 is 0. The minimum Gasteiger partial charge on any atom is -0.218 e. The molecule has 0 amide bonds. The smallest absolute Gasteiger partial charge is 0.215 e. The van der Waals surface area contributed by atoms with Crippen LogP contribution in [0.2, 0.25) is 0 Å². The van der Waals surface area contributed by atoms with Crippen molar-refractivity contribution in [3.63, 3.8) is 0 Å². The maximum atomic E-state index is 11.4. The Morgan fingerprint density at radius 1 is 1.11 bits per heavy atom. The summed E-state index contributed by atoms with van der Waals surface area (Å²) in [5.41, 5.74) is 1.32. The van der Waals surface area contributed by atoms with Gasteiger partial charge in [0.25, 0.3) is 0 Å². The third kappa shape index (κ3) is 5.58. The van der Waals surface area contributed by atoms with Gasteiger partial charge in [0.2, 0.25) is 20.0 Å². The number of benzene rings is 1. The summed E-state index contributed by atoms with van der Waals surface area (Å²) in [7, 11) is -5.23. The molecule has 2 N–H and O–H groups in total. The van der Waals surface area contributed by atoms with Gasteiger partial charge >= 0.3 is 0 Å². The van der Waals surface area contributed by atoms with Crippen LogP contribution < -0.4 is 9.44 Å². The van der Waals surface area contributed by atoms with E-state index >= 15 is 0 Å². The summed E-state index contributed by atoms with van der Waals surface area (Å²) in [4.78, 5) is 0. The molecule has 8 heteroatoms. The van der Waals surface area contributed by atoms with Gasteiger partial charge in [-0.15, -0.1) is 0 Å². The van der Waals surface area contributed by atoms with Gasteiger partial charge in [-0.1, -0.05) is 24.3 Å². The first-order chi connectivity index (χ1) is 8.22. The molecule has 0 fully saturated rings. The summed E-state index contributed by atoms with van der Waals surface area (Å²) in [6, 6.07) is 6.76. The molecule has 6 nitrogen and oxygen atoms in total. The normalized spacial score (nSPS) is 12.6. The van der Waals surface area contributed by atoms with Crippen LogP contribution in [0.3, 0.4) is 0 Å². The van der Waals surface area contributed by atoms with Crippen LogP contribution >= 0.6 is 0 Å². The highest BCUT2D eigenvalue weighted by Gasteiger charge is 2.09. The molecule has 0 saturated carbocycles. The molecule has 0 aliphatic heterocycles. The molecule has 102 valence electrons. The fourth-order valence-electron chi connectivity index (χ4n) is 1.34. The maximum Gasteiger partial charge on any atom is 0.215 e. The lowest BCUT2D eigenvalue weighted by Crippen LogP contribution is -2.22. The van der Waals surface area contributed by atoms with Crippen LogP contribution in [0.15, 0.2) is 24.3 Å². The molecule has 1 rings (SSSR count). The molecule has 0 spiro atoms. The Kier molecular flexibility index (Phi) is 4.85. The van der Waals surface area contributed by atoms with Gasteiger partial charge in [-0.05, 0) is 18.2 Å². The summed E-state index contributed by atoms with van der Waals surface area (Å²) in [6.45, 7) is 0.145. The van der Waals surface area contributed by atoms with Crippen LogP contribution in [-0.4, -0.2) is 30.1 Å². The van der Waals surface area contributed by atoms with Gasteiger partial charge in [0, 0.05) is 6.54 Å². The van der Waals surface area contributed by atoms with Crippen molar-refractivity contribution in [2.75, 3.05) is 13.3 Å². The minimum absolute atomic E-state index is 0.129. The number of hydrogen-bond donors (Lipinski definition) is 2. The largest absolute Gasteiger partial charge is 0.218 e.